The molecule has 176 valence electrons. The van der Waals surface area contributed by atoms with Gasteiger partial charge in [-0.15, -0.1) is 11.3 Å². The number of aromatic nitrogens is 1. The summed E-state index contributed by atoms with van der Waals surface area (Å²) in [6.45, 7) is -0.0114. The van der Waals surface area contributed by atoms with E-state index in [2.05, 4.69) is 10.4 Å². The lowest BCUT2D eigenvalue weighted by molar-refractivity contribution is -0.118. The zero-order valence-electron chi connectivity index (χ0n) is 18.3. The predicted molar refractivity (Wildman–Crippen MR) is 129 cm³/mol. The van der Waals surface area contributed by atoms with Gasteiger partial charge >= 0.3 is 0 Å². The van der Waals surface area contributed by atoms with Gasteiger partial charge in [0.05, 0.1) is 23.6 Å². The van der Waals surface area contributed by atoms with Crippen LogP contribution >= 0.6 is 11.3 Å². The summed E-state index contributed by atoms with van der Waals surface area (Å²) in [5.41, 5.74) is 2.39. The summed E-state index contributed by atoms with van der Waals surface area (Å²) < 4.78 is 7.16. The van der Waals surface area contributed by atoms with Gasteiger partial charge in [0.1, 0.15) is 5.75 Å². The lowest BCUT2D eigenvalue weighted by atomic mass is 9.96. The Kier molecular flexibility index (Phi) is 5.97. The lowest BCUT2D eigenvalue weighted by Gasteiger charge is -2.18. The minimum atomic E-state index is -0.600. The van der Waals surface area contributed by atoms with Crippen molar-refractivity contribution in [2.24, 2.45) is 10.1 Å². The molecule has 0 radical (unpaired) electrons. The van der Waals surface area contributed by atoms with Gasteiger partial charge in [-0.3, -0.25) is 9.79 Å². The third-order valence-electron chi connectivity index (χ3n) is 5.93. The first-order chi connectivity index (χ1) is 16.5. The molecule has 9 nitrogen and oxygen atoms in total. The molecule has 2 aliphatic rings. The second-order valence-electron chi connectivity index (χ2n) is 8.30. The molecule has 5 rings (SSSR count). The Labute approximate surface area is 199 Å². The number of nitrogens with one attached hydrogen (secondary N) is 1. The van der Waals surface area contributed by atoms with Gasteiger partial charge in [0.25, 0.3) is 5.91 Å². The number of nitrogens with zero attached hydrogens (tertiary/aromatic N) is 3. The van der Waals surface area contributed by atoms with Gasteiger partial charge in [-0.25, -0.2) is 4.68 Å². The first-order valence-electron chi connectivity index (χ1n) is 11.1. The monoisotopic (exact) mass is 480 g/mol. The van der Waals surface area contributed by atoms with E-state index in [4.69, 9.17) is 9.73 Å². The first-order valence-corrected chi connectivity index (χ1v) is 12.0. The second-order valence-corrected chi connectivity index (χ2v) is 9.14. The van der Waals surface area contributed by atoms with Crippen molar-refractivity contribution in [1.29, 1.82) is 0 Å². The highest BCUT2D eigenvalue weighted by Gasteiger charge is 2.19. The molecule has 10 heteroatoms. The number of aromatic hydroxyl groups is 3. The van der Waals surface area contributed by atoms with Crippen molar-refractivity contribution in [2.45, 2.75) is 38.1 Å². The van der Waals surface area contributed by atoms with Crippen molar-refractivity contribution in [3.05, 3.63) is 46.1 Å². The van der Waals surface area contributed by atoms with E-state index in [1.54, 1.807) is 10.7 Å². The largest absolute Gasteiger partial charge is 0.504 e. The molecule has 0 bridgehead atoms. The van der Waals surface area contributed by atoms with Gasteiger partial charge in [0.15, 0.2) is 18.1 Å². The van der Waals surface area contributed by atoms with E-state index in [9.17, 15) is 20.1 Å². The van der Waals surface area contributed by atoms with Crippen LogP contribution in [0.1, 0.15) is 37.7 Å². The number of amides is 1. The molecule has 1 aliphatic heterocycles. The van der Waals surface area contributed by atoms with E-state index >= 15 is 0 Å². The molecule has 1 fully saturated rings. The molecule has 4 N–H and O–H groups in total. The third-order valence-corrected chi connectivity index (χ3v) is 6.76. The van der Waals surface area contributed by atoms with Crippen LogP contribution in [0.5, 0.6) is 23.0 Å². The summed E-state index contributed by atoms with van der Waals surface area (Å²) in [5.74, 6) is -1.08. The van der Waals surface area contributed by atoms with E-state index < -0.39 is 17.2 Å². The number of phenols is 3. The number of carbonyl (C=O) groups excluding carboxylic acids is 1. The van der Waals surface area contributed by atoms with E-state index in [-0.39, 0.29) is 24.1 Å². The molecule has 0 spiro atoms. The smallest absolute Gasteiger partial charge is 0.262 e. The number of rotatable bonds is 4. The van der Waals surface area contributed by atoms with Gasteiger partial charge in [-0.1, -0.05) is 19.3 Å². The van der Waals surface area contributed by atoms with E-state index in [1.807, 2.05) is 17.5 Å². The van der Waals surface area contributed by atoms with Crippen molar-refractivity contribution in [3.8, 4) is 34.3 Å². The van der Waals surface area contributed by atoms with Crippen molar-refractivity contribution in [2.75, 3.05) is 11.9 Å². The average Bonchev–Trinajstić information content (AvgIpc) is 3.24. The number of hydrogen-bond donors (Lipinski definition) is 4. The van der Waals surface area contributed by atoms with Gasteiger partial charge in [-0.05, 0) is 43.2 Å². The molecule has 2 aromatic carbocycles. The fourth-order valence-electron chi connectivity index (χ4n) is 4.12. The van der Waals surface area contributed by atoms with Crippen molar-refractivity contribution in [1.82, 2.24) is 4.68 Å². The summed E-state index contributed by atoms with van der Waals surface area (Å²) in [7, 11) is 0. The lowest BCUT2D eigenvalue weighted by Crippen LogP contribution is -2.25. The van der Waals surface area contributed by atoms with Crippen LogP contribution in [0.25, 0.3) is 11.3 Å². The number of ether oxygens (including phenoxy) is 1. The molecule has 0 saturated heterocycles. The maximum atomic E-state index is 11.8. The highest BCUT2D eigenvalue weighted by molar-refractivity contribution is 7.07. The number of hydrogen-bond acceptors (Lipinski definition) is 8. The first kappa shape index (κ1) is 22.0. The zero-order valence-corrected chi connectivity index (χ0v) is 19.1. The number of carbonyl (C=O) groups is 1. The number of thiazole rings is 1. The maximum absolute atomic E-state index is 11.8. The van der Waals surface area contributed by atoms with Crippen molar-refractivity contribution < 1.29 is 24.9 Å². The Morgan fingerprint density at radius 3 is 2.74 bits per heavy atom. The Hall–Kier alpha value is -3.79. The molecular weight excluding hydrogens is 456 g/mol. The standard InChI is InChI=1S/C24H24N4O5S/c29-19-8-6-15(22(31)23(19)32)11-25-28-18(13-34-24(28)26-16-4-2-1-3-5-16)14-7-9-20-17(10-14)27-21(30)12-33-20/h6-11,13,16,29,31-32H,1-5,12H2,(H,27,30). The van der Waals surface area contributed by atoms with Crippen LogP contribution in [-0.4, -0.2) is 44.8 Å². The Morgan fingerprint density at radius 2 is 1.91 bits per heavy atom. The zero-order chi connectivity index (χ0) is 23.7. The molecule has 1 aliphatic carbocycles. The number of fused-ring (bicyclic) bond motifs is 1. The Morgan fingerprint density at radius 1 is 1.09 bits per heavy atom. The number of benzene rings is 2. The minimum absolute atomic E-state index is 0.0114. The van der Waals surface area contributed by atoms with Crippen LogP contribution in [0, 0.1) is 0 Å². The quantitative estimate of drug-likeness (QED) is 0.334. The molecule has 2 heterocycles. The molecule has 1 amide bonds. The van der Waals surface area contributed by atoms with Crippen LogP contribution in [0.3, 0.4) is 0 Å². The maximum Gasteiger partial charge on any atom is 0.262 e. The van der Waals surface area contributed by atoms with Gasteiger partial charge in [0, 0.05) is 16.5 Å². The topological polar surface area (TPSA) is 129 Å². The Balaban J connectivity index is 1.59. The molecule has 0 unspecified atom stereocenters. The fraction of sp³-hybridized carbons (Fsp3) is 0.292. The summed E-state index contributed by atoms with van der Waals surface area (Å²) in [6.07, 6.45) is 7.01. The van der Waals surface area contributed by atoms with Crippen LogP contribution < -0.4 is 14.9 Å². The van der Waals surface area contributed by atoms with Crippen LogP contribution in [0.15, 0.2) is 45.8 Å². The predicted octanol–water partition coefficient (Wildman–Crippen LogP) is 3.78. The van der Waals surface area contributed by atoms with E-state index in [0.717, 1.165) is 36.9 Å². The minimum Gasteiger partial charge on any atom is -0.504 e. The highest BCUT2D eigenvalue weighted by atomic mass is 32.1. The van der Waals surface area contributed by atoms with Gasteiger partial charge in [-0.2, -0.15) is 5.10 Å². The van der Waals surface area contributed by atoms with E-state index in [0.29, 0.717) is 16.2 Å². The molecule has 3 aromatic rings. The Bertz CT molecular complexity index is 1340. The fourth-order valence-corrected chi connectivity index (χ4v) is 5.02. The highest BCUT2D eigenvalue weighted by Crippen LogP contribution is 2.36. The summed E-state index contributed by atoms with van der Waals surface area (Å²) in [6, 6.07) is 8.49. The van der Waals surface area contributed by atoms with Crippen molar-refractivity contribution in [3.63, 3.8) is 0 Å². The van der Waals surface area contributed by atoms with Crippen LogP contribution in [-0.2, 0) is 4.79 Å². The molecule has 34 heavy (non-hydrogen) atoms. The summed E-state index contributed by atoms with van der Waals surface area (Å²) in [5, 5.41) is 39.0. The molecular formula is C24H24N4O5S. The van der Waals surface area contributed by atoms with Gasteiger partial charge in [0.2, 0.25) is 10.6 Å². The van der Waals surface area contributed by atoms with Crippen LogP contribution in [0.2, 0.25) is 0 Å². The summed E-state index contributed by atoms with van der Waals surface area (Å²) >= 11 is 1.46. The number of anilines is 1. The van der Waals surface area contributed by atoms with Gasteiger partial charge < -0.3 is 25.4 Å². The molecule has 1 aromatic heterocycles. The van der Waals surface area contributed by atoms with E-state index in [1.165, 1.54) is 36.1 Å². The van der Waals surface area contributed by atoms with Crippen LogP contribution in [0.4, 0.5) is 5.69 Å². The average molecular weight is 481 g/mol. The normalized spacial score (nSPS) is 16.9. The summed E-state index contributed by atoms with van der Waals surface area (Å²) in [4.78, 5) is 17.4. The SMILES string of the molecule is O=C1COc2ccc(-c3csc(=NC4CCCCC4)n3N=Cc3ccc(O)c(O)c3O)cc2N1. The third kappa shape index (κ3) is 4.36. The second kappa shape index (κ2) is 9.22. The van der Waals surface area contributed by atoms with Crippen molar-refractivity contribution >= 4 is 29.1 Å². The number of phenolic OH excluding ortho intramolecular Hbond substituents is 3. The molecule has 1 saturated carbocycles. The molecule has 0 atom stereocenters.